The Kier molecular flexibility index (Phi) is 4.47. The molecule has 1 heterocycles. The molecule has 0 saturated heterocycles. The van der Waals surface area contributed by atoms with Crippen molar-refractivity contribution in [3.63, 3.8) is 0 Å². The zero-order valence-corrected chi connectivity index (χ0v) is 14.2. The molecule has 0 fully saturated rings. The van der Waals surface area contributed by atoms with Crippen molar-refractivity contribution >= 4 is 27.3 Å². The van der Waals surface area contributed by atoms with Gasteiger partial charge in [0.05, 0.1) is 17.6 Å². The van der Waals surface area contributed by atoms with Crippen LogP contribution in [-0.4, -0.2) is 27.1 Å². The van der Waals surface area contributed by atoms with Gasteiger partial charge in [0.25, 0.3) is 5.91 Å². The normalized spacial score (nSPS) is 14.1. The number of halogens is 2. The number of carbonyl (C=O) groups excluding carboxylic acids is 1. The van der Waals surface area contributed by atoms with E-state index in [-0.39, 0.29) is 11.3 Å². The molecule has 0 unspecified atom stereocenters. The second-order valence-corrected chi connectivity index (χ2v) is 7.77. The average Bonchev–Trinajstić information content (AvgIpc) is 2.56. The second kappa shape index (κ2) is 6.44. The smallest absolute Gasteiger partial charge is 0.255 e. The lowest BCUT2D eigenvalue weighted by atomic mass is 10.0. The molecule has 5 nitrogen and oxygen atoms in total. The van der Waals surface area contributed by atoms with Crippen LogP contribution in [0.3, 0.4) is 0 Å². The lowest BCUT2D eigenvalue weighted by Crippen LogP contribution is -2.34. The number of amides is 1. The molecule has 0 atom stereocenters. The zero-order valence-electron chi connectivity index (χ0n) is 13.4. The number of sulfonamides is 1. The van der Waals surface area contributed by atoms with E-state index in [0.717, 1.165) is 30.0 Å². The molecule has 1 aliphatic rings. The Morgan fingerprint density at radius 1 is 1.16 bits per heavy atom. The highest BCUT2D eigenvalue weighted by Crippen LogP contribution is 2.30. The van der Waals surface area contributed by atoms with Crippen molar-refractivity contribution in [2.24, 2.45) is 0 Å². The van der Waals surface area contributed by atoms with Crippen LogP contribution >= 0.6 is 0 Å². The van der Waals surface area contributed by atoms with Crippen molar-refractivity contribution < 1.29 is 22.0 Å². The SMILES string of the molecule is CS(=O)(=O)N1CCCc2cc(C(=O)Nc3cc(F)ccc3F)ccc21. The minimum absolute atomic E-state index is 0.248. The van der Waals surface area contributed by atoms with Crippen LogP contribution in [0.4, 0.5) is 20.2 Å². The molecular formula is C17H16F2N2O3S. The van der Waals surface area contributed by atoms with E-state index in [1.165, 1.54) is 10.4 Å². The van der Waals surface area contributed by atoms with E-state index < -0.39 is 27.6 Å². The number of carbonyl (C=O) groups is 1. The Morgan fingerprint density at radius 3 is 2.64 bits per heavy atom. The maximum Gasteiger partial charge on any atom is 0.255 e. The predicted molar refractivity (Wildman–Crippen MR) is 91.3 cm³/mol. The highest BCUT2D eigenvalue weighted by atomic mass is 32.2. The number of aryl methyl sites for hydroxylation is 1. The molecule has 0 bridgehead atoms. The molecule has 1 N–H and O–H groups in total. The second-order valence-electron chi connectivity index (χ2n) is 5.86. The fraction of sp³-hybridized carbons (Fsp3) is 0.235. The van der Waals surface area contributed by atoms with E-state index in [2.05, 4.69) is 5.32 Å². The molecule has 0 aromatic heterocycles. The summed E-state index contributed by atoms with van der Waals surface area (Å²) in [6.07, 6.45) is 2.41. The minimum atomic E-state index is -3.39. The van der Waals surface area contributed by atoms with Gasteiger partial charge in [-0.05, 0) is 48.7 Å². The number of hydrogen-bond donors (Lipinski definition) is 1. The van der Waals surface area contributed by atoms with Crippen molar-refractivity contribution in [1.29, 1.82) is 0 Å². The van der Waals surface area contributed by atoms with Crippen molar-refractivity contribution in [3.8, 4) is 0 Å². The third-order valence-corrected chi connectivity index (χ3v) is 5.17. The molecule has 2 aromatic carbocycles. The van der Waals surface area contributed by atoms with Crippen molar-refractivity contribution in [2.45, 2.75) is 12.8 Å². The molecule has 25 heavy (non-hydrogen) atoms. The van der Waals surface area contributed by atoms with Gasteiger partial charge >= 0.3 is 0 Å². The highest BCUT2D eigenvalue weighted by Gasteiger charge is 2.24. The predicted octanol–water partition coefficient (Wildman–Crippen LogP) is 2.93. The summed E-state index contributed by atoms with van der Waals surface area (Å²) in [6, 6.07) is 7.41. The Balaban J connectivity index is 1.89. The van der Waals surface area contributed by atoms with Gasteiger partial charge in [-0.1, -0.05) is 0 Å². The van der Waals surface area contributed by atoms with Crippen LogP contribution in [0.2, 0.25) is 0 Å². The number of fused-ring (bicyclic) bond motifs is 1. The third kappa shape index (κ3) is 3.63. The third-order valence-electron chi connectivity index (χ3n) is 3.99. The van der Waals surface area contributed by atoms with E-state index in [1.807, 2.05) is 0 Å². The Hall–Kier alpha value is -2.48. The van der Waals surface area contributed by atoms with E-state index in [4.69, 9.17) is 0 Å². The molecule has 1 amide bonds. The fourth-order valence-electron chi connectivity index (χ4n) is 2.84. The quantitative estimate of drug-likeness (QED) is 0.908. The molecule has 0 spiro atoms. The molecule has 0 saturated carbocycles. The number of benzene rings is 2. The lowest BCUT2D eigenvalue weighted by molar-refractivity contribution is 0.102. The van der Waals surface area contributed by atoms with Gasteiger partial charge in [-0.3, -0.25) is 9.10 Å². The summed E-state index contributed by atoms with van der Waals surface area (Å²) in [7, 11) is -3.39. The van der Waals surface area contributed by atoms with Crippen LogP contribution in [0.1, 0.15) is 22.3 Å². The van der Waals surface area contributed by atoms with E-state index in [0.29, 0.717) is 25.1 Å². The summed E-state index contributed by atoms with van der Waals surface area (Å²) in [4.78, 5) is 12.3. The molecule has 1 aliphatic heterocycles. The first kappa shape index (κ1) is 17.3. The molecule has 0 aliphatic carbocycles. The first-order valence-electron chi connectivity index (χ1n) is 7.63. The first-order valence-corrected chi connectivity index (χ1v) is 9.47. The molecular weight excluding hydrogens is 350 g/mol. The van der Waals surface area contributed by atoms with Crippen molar-refractivity contribution in [2.75, 3.05) is 22.4 Å². The van der Waals surface area contributed by atoms with Gasteiger partial charge in [-0.2, -0.15) is 0 Å². The van der Waals surface area contributed by atoms with Gasteiger partial charge in [0.1, 0.15) is 11.6 Å². The van der Waals surface area contributed by atoms with Gasteiger partial charge in [-0.15, -0.1) is 0 Å². The maximum absolute atomic E-state index is 13.6. The summed E-state index contributed by atoms with van der Waals surface area (Å²) >= 11 is 0. The number of rotatable bonds is 3. The Labute approximate surface area is 144 Å². The van der Waals surface area contributed by atoms with Gasteiger partial charge in [0.15, 0.2) is 0 Å². The number of nitrogens with one attached hydrogen (secondary N) is 1. The monoisotopic (exact) mass is 366 g/mol. The van der Waals surface area contributed by atoms with E-state index in [9.17, 15) is 22.0 Å². The van der Waals surface area contributed by atoms with Crippen molar-refractivity contribution in [1.82, 2.24) is 0 Å². The Bertz CT molecular complexity index is 945. The van der Waals surface area contributed by atoms with Crippen molar-refractivity contribution in [3.05, 3.63) is 59.2 Å². The zero-order chi connectivity index (χ0) is 18.2. The van der Waals surface area contributed by atoms with E-state index >= 15 is 0 Å². The van der Waals surface area contributed by atoms with Crippen LogP contribution < -0.4 is 9.62 Å². The summed E-state index contributed by atoms with van der Waals surface area (Å²) in [5, 5.41) is 2.33. The van der Waals surface area contributed by atoms with Gasteiger partial charge in [0.2, 0.25) is 10.0 Å². The Morgan fingerprint density at radius 2 is 1.92 bits per heavy atom. The summed E-state index contributed by atoms with van der Waals surface area (Å²) in [5.41, 5.74) is 1.27. The van der Waals surface area contributed by atoms with Crippen LogP contribution in [0.5, 0.6) is 0 Å². The average molecular weight is 366 g/mol. The fourth-order valence-corrected chi connectivity index (χ4v) is 3.83. The summed E-state index contributed by atoms with van der Waals surface area (Å²) in [6.45, 7) is 0.395. The molecule has 8 heteroatoms. The van der Waals surface area contributed by atoms with Crippen LogP contribution in [0, 0.1) is 11.6 Å². The van der Waals surface area contributed by atoms with Gasteiger partial charge in [-0.25, -0.2) is 17.2 Å². The van der Waals surface area contributed by atoms with Crippen LogP contribution in [0.25, 0.3) is 0 Å². The maximum atomic E-state index is 13.6. The molecule has 132 valence electrons. The molecule has 0 radical (unpaired) electrons. The highest BCUT2D eigenvalue weighted by molar-refractivity contribution is 7.92. The topological polar surface area (TPSA) is 66.5 Å². The number of anilines is 2. The number of hydrogen-bond acceptors (Lipinski definition) is 3. The standard InChI is InChI=1S/C17H16F2N2O3S/c1-25(23,24)21-8-2-3-11-9-12(4-7-16(11)21)17(22)20-15-10-13(18)5-6-14(15)19/h4-7,9-10H,2-3,8H2,1H3,(H,20,22). The molecule has 2 aromatic rings. The van der Waals surface area contributed by atoms with Gasteiger partial charge in [0, 0.05) is 18.2 Å². The number of nitrogens with zero attached hydrogens (tertiary/aromatic N) is 1. The van der Waals surface area contributed by atoms with Gasteiger partial charge < -0.3 is 5.32 Å². The van der Waals surface area contributed by atoms with E-state index in [1.54, 1.807) is 12.1 Å². The van der Waals surface area contributed by atoms with Crippen LogP contribution in [-0.2, 0) is 16.4 Å². The first-order chi connectivity index (χ1) is 11.8. The summed E-state index contributed by atoms with van der Waals surface area (Å²) in [5.74, 6) is -1.99. The summed E-state index contributed by atoms with van der Waals surface area (Å²) < 4.78 is 51.8. The molecule has 3 rings (SSSR count). The van der Waals surface area contributed by atoms with Crippen LogP contribution in [0.15, 0.2) is 36.4 Å². The lowest BCUT2D eigenvalue weighted by Gasteiger charge is -2.29. The minimum Gasteiger partial charge on any atom is -0.319 e. The largest absolute Gasteiger partial charge is 0.319 e.